The van der Waals surface area contributed by atoms with Gasteiger partial charge in [-0.25, -0.2) is 9.97 Å². The van der Waals surface area contributed by atoms with Crippen LogP contribution in [0.2, 0.25) is 0 Å². The van der Waals surface area contributed by atoms with Crippen molar-refractivity contribution < 1.29 is 19.7 Å². The third-order valence-electron chi connectivity index (χ3n) is 4.73. The maximum atomic E-state index is 11.7. The third kappa shape index (κ3) is 3.84. The molecular weight excluding hydrogens is 332 g/mol. The summed E-state index contributed by atoms with van der Waals surface area (Å²) in [6.07, 6.45) is 3.91. The Labute approximate surface area is 151 Å². The van der Waals surface area contributed by atoms with E-state index in [-0.39, 0.29) is 12.3 Å². The van der Waals surface area contributed by atoms with E-state index in [0.717, 1.165) is 5.56 Å². The highest BCUT2D eigenvalue weighted by Gasteiger charge is 2.42. The van der Waals surface area contributed by atoms with Crippen LogP contribution >= 0.6 is 0 Å². The van der Waals surface area contributed by atoms with Crippen LogP contribution in [0.4, 0.5) is 0 Å². The monoisotopic (exact) mass is 352 g/mol. The Hall–Kier alpha value is -2.91. The summed E-state index contributed by atoms with van der Waals surface area (Å²) < 4.78 is 5.12. The molecule has 1 unspecified atom stereocenters. The molecule has 1 heterocycles. The molecule has 1 fully saturated rings. The zero-order valence-corrected chi connectivity index (χ0v) is 14.4. The lowest BCUT2D eigenvalue weighted by Crippen LogP contribution is -2.39. The molecule has 3 atom stereocenters. The molecule has 6 nitrogen and oxygen atoms in total. The number of rotatable bonds is 3. The Bertz CT molecular complexity index is 844. The number of carboxylic acid groups (broad SMARTS) is 1. The average molecular weight is 352 g/mol. The third-order valence-corrected chi connectivity index (χ3v) is 4.73. The van der Waals surface area contributed by atoms with Crippen LogP contribution in [0.15, 0.2) is 42.7 Å². The smallest absolute Gasteiger partial charge is 0.307 e. The van der Waals surface area contributed by atoms with Gasteiger partial charge in [0.05, 0.1) is 13.0 Å². The molecule has 1 aromatic heterocycles. The topological polar surface area (TPSA) is 92.5 Å². The van der Waals surface area contributed by atoms with Crippen molar-refractivity contribution in [2.75, 3.05) is 7.11 Å². The molecule has 0 bridgehead atoms. The number of aliphatic hydroxyl groups is 1. The van der Waals surface area contributed by atoms with Crippen molar-refractivity contribution in [3.63, 3.8) is 0 Å². The second kappa shape index (κ2) is 7.54. The summed E-state index contributed by atoms with van der Waals surface area (Å²) >= 11 is 0. The molecule has 0 radical (unpaired) electrons. The Morgan fingerprint density at radius 2 is 2.00 bits per heavy atom. The molecular formula is C20H20N2O4. The molecule has 26 heavy (non-hydrogen) atoms. The van der Waals surface area contributed by atoms with E-state index in [9.17, 15) is 15.0 Å². The van der Waals surface area contributed by atoms with Crippen LogP contribution in [0.25, 0.3) is 0 Å². The first kappa shape index (κ1) is 17.9. The quantitative estimate of drug-likeness (QED) is 0.823. The molecule has 1 saturated carbocycles. The Balaban J connectivity index is 1.89. The Morgan fingerprint density at radius 1 is 1.27 bits per heavy atom. The molecule has 2 aromatic rings. The van der Waals surface area contributed by atoms with Gasteiger partial charge in [0.2, 0.25) is 5.88 Å². The van der Waals surface area contributed by atoms with Crippen LogP contribution in [0.5, 0.6) is 5.88 Å². The number of ether oxygens (including phenoxy) is 1. The molecule has 6 heteroatoms. The minimum Gasteiger partial charge on any atom is -0.481 e. The van der Waals surface area contributed by atoms with Crippen molar-refractivity contribution in [2.24, 2.45) is 5.92 Å². The maximum absolute atomic E-state index is 11.7. The molecule has 1 aliphatic carbocycles. The number of methoxy groups -OCH3 is 1. The van der Waals surface area contributed by atoms with Gasteiger partial charge in [-0.15, -0.1) is 0 Å². The van der Waals surface area contributed by atoms with E-state index >= 15 is 0 Å². The number of nitrogens with zero attached hydrogens (tertiary/aromatic N) is 2. The SMILES string of the molecule is COc1nccnc1C#CC1(O)CC[C@@H](C(=O)O)[C@H](c2ccccc2)C1. The van der Waals surface area contributed by atoms with E-state index in [0.29, 0.717) is 24.4 Å². The van der Waals surface area contributed by atoms with Crippen molar-refractivity contribution in [2.45, 2.75) is 30.8 Å². The molecule has 0 saturated heterocycles. The van der Waals surface area contributed by atoms with Crippen LogP contribution in [0, 0.1) is 17.8 Å². The van der Waals surface area contributed by atoms with Crippen molar-refractivity contribution in [3.8, 4) is 17.7 Å². The molecule has 3 rings (SSSR count). The summed E-state index contributed by atoms with van der Waals surface area (Å²) in [5.74, 6) is 4.34. The molecule has 0 spiro atoms. The minimum absolute atomic E-state index is 0.254. The first-order chi connectivity index (χ1) is 12.5. The lowest BCUT2D eigenvalue weighted by atomic mass is 9.69. The molecule has 0 aliphatic heterocycles. The lowest BCUT2D eigenvalue weighted by molar-refractivity contribution is -0.145. The standard InChI is InChI=1S/C20H20N2O4/c1-26-18-17(21-11-12-22-18)8-10-20(25)9-7-15(19(23)24)16(13-20)14-5-3-2-4-6-14/h2-6,11-12,15-16,25H,7,9,13H2,1H3,(H,23,24)/t15-,16+,20?/m1/s1. The van der Waals surface area contributed by atoms with Gasteiger partial charge in [0.15, 0.2) is 5.69 Å². The highest BCUT2D eigenvalue weighted by molar-refractivity contribution is 5.71. The molecule has 0 amide bonds. The number of hydrogen-bond donors (Lipinski definition) is 2. The van der Waals surface area contributed by atoms with Crippen LogP contribution in [-0.4, -0.2) is 38.9 Å². The van der Waals surface area contributed by atoms with Crippen molar-refractivity contribution >= 4 is 5.97 Å². The summed E-state index contributed by atoms with van der Waals surface area (Å²) in [4.78, 5) is 19.8. The van der Waals surface area contributed by atoms with Gasteiger partial charge in [0.1, 0.15) is 5.60 Å². The van der Waals surface area contributed by atoms with Gasteiger partial charge in [-0.05, 0) is 30.7 Å². The predicted molar refractivity (Wildman–Crippen MR) is 94.6 cm³/mol. The maximum Gasteiger partial charge on any atom is 0.307 e. The summed E-state index contributed by atoms with van der Waals surface area (Å²) in [5, 5.41) is 20.5. The summed E-state index contributed by atoms with van der Waals surface area (Å²) in [5.41, 5.74) is -0.0356. The molecule has 1 aliphatic rings. The Kier molecular flexibility index (Phi) is 5.19. The fraction of sp³-hybridized carbons (Fsp3) is 0.350. The fourth-order valence-corrected chi connectivity index (χ4v) is 3.40. The van der Waals surface area contributed by atoms with E-state index in [1.54, 1.807) is 0 Å². The van der Waals surface area contributed by atoms with Gasteiger partial charge >= 0.3 is 5.97 Å². The first-order valence-corrected chi connectivity index (χ1v) is 8.41. The summed E-state index contributed by atoms with van der Waals surface area (Å²) in [7, 11) is 1.48. The van der Waals surface area contributed by atoms with Gasteiger partial charge in [-0.2, -0.15) is 0 Å². The van der Waals surface area contributed by atoms with Crippen molar-refractivity contribution in [3.05, 3.63) is 54.0 Å². The van der Waals surface area contributed by atoms with E-state index in [2.05, 4.69) is 21.8 Å². The van der Waals surface area contributed by atoms with Crippen LogP contribution < -0.4 is 4.74 Å². The van der Waals surface area contributed by atoms with Crippen LogP contribution in [0.1, 0.15) is 36.4 Å². The number of carboxylic acids is 1. The number of hydrogen-bond acceptors (Lipinski definition) is 5. The van der Waals surface area contributed by atoms with Gasteiger partial charge < -0.3 is 14.9 Å². The normalized spacial score (nSPS) is 25.0. The zero-order valence-electron chi connectivity index (χ0n) is 14.4. The molecule has 134 valence electrons. The van der Waals surface area contributed by atoms with Gasteiger partial charge in [0.25, 0.3) is 0 Å². The number of aromatic nitrogens is 2. The highest BCUT2D eigenvalue weighted by Crippen LogP contribution is 2.42. The number of benzene rings is 1. The largest absolute Gasteiger partial charge is 0.481 e. The van der Waals surface area contributed by atoms with E-state index < -0.39 is 17.5 Å². The number of carbonyl (C=O) groups is 1. The summed E-state index contributed by atoms with van der Waals surface area (Å²) in [6, 6.07) is 9.42. The van der Waals surface area contributed by atoms with Crippen molar-refractivity contribution in [1.82, 2.24) is 9.97 Å². The van der Waals surface area contributed by atoms with E-state index in [4.69, 9.17) is 4.74 Å². The fourth-order valence-electron chi connectivity index (χ4n) is 3.40. The van der Waals surface area contributed by atoms with Crippen molar-refractivity contribution in [1.29, 1.82) is 0 Å². The van der Waals surface area contributed by atoms with Gasteiger partial charge in [-0.3, -0.25) is 4.79 Å². The second-order valence-electron chi connectivity index (χ2n) is 6.40. The van der Waals surface area contributed by atoms with Gasteiger partial charge in [-0.1, -0.05) is 36.3 Å². The molecule has 1 aromatic carbocycles. The van der Waals surface area contributed by atoms with Gasteiger partial charge in [0, 0.05) is 18.3 Å². The zero-order chi connectivity index (χ0) is 18.6. The van der Waals surface area contributed by atoms with E-state index in [1.807, 2.05) is 30.3 Å². The van der Waals surface area contributed by atoms with Crippen LogP contribution in [-0.2, 0) is 4.79 Å². The first-order valence-electron chi connectivity index (χ1n) is 8.41. The molecule has 2 N–H and O–H groups in total. The average Bonchev–Trinajstić information content (AvgIpc) is 2.67. The van der Waals surface area contributed by atoms with Crippen LogP contribution in [0.3, 0.4) is 0 Å². The minimum atomic E-state index is -1.28. The predicted octanol–water partition coefficient (Wildman–Crippen LogP) is 2.24. The summed E-state index contributed by atoms with van der Waals surface area (Å²) in [6.45, 7) is 0. The second-order valence-corrected chi connectivity index (χ2v) is 6.40. The Morgan fingerprint density at radius 3 is 2.69 bits per heavy atom. The van der Waals surface area contributed by atoms with E-state index in [1.165, 1.54) is 19.5 Å². The number of aliphatic carboxylic acids is 1. The highest BCUT2D eigenvalue weighted by atomic mass is 16.5. The lowest BCUT2D eigenvalue weighted by Gasteiger charge is -2.37.